The molecule has 2 aromatic carbocycles. The predicted octanol–water partition coefficient (Wildman–Crippen LogP) is 5.08. The average molecular weight is 435 g/mol. The zero-order valence-corrected chi connectivity index (χ0v) is 17.4. The first-order chi connectivity index (χ1) is 14.7. The van der Waals surface area contributed by atoms with Gasteiger partial charge in [-0.3, -0.25) is 5.10 Å². The van der Waals surface area contributed by atoms with Gasteiger partial charge in [-0.2, -0.15) is 14.7 Å². The van der Waals surface area contributed by atoms with Crippen LogP contribution >= 0.6 is 22.9 Å². The third-order valence-corrected chi connectivity index (χ3v) is 5.62. The Hall–Kier alpha value is -3.49. The van der Waals surface area contributed by atoms with Gasteiger partial charge in [0.05, 0.1) is 12.8 Å². The van der Waals surface area contributed by atoms with Crippen molar-refractivity contribution in [2.24, 2.45) is 0 Å². The van der Waals surface area contributed by atoms with Gasteiger partial charge in [-0.25, -0.2) is 0 Å². The standard InChI is InChI=1S/C21H15ClN6OS/c1-29-16-9-5-14(6-10-16)17-12-18(24-23-17)20-25-26-21-28(20)27-19(30-21)11-4-13-2-7-15(22)8-3-13/h2-12H,1H3,(H,23,24)/b11-4+. The Labute approximate surface area is 180 Å². The van der Waals surface area contributed by atoms with Crippen molar-refractivity contribution in [1.29, 1.82) is 0 Å². The van der Waals surface area contributed by atoms with E-state index in [2.05, 4.69) is 25.5 Å². The molecule has 30 heavy (non-hydrogen) atoms. The van der Waals surface area contributed by atoms with Crippen LogP contribution in [0.3, 0.4) is 0 Å². The van der Waals surface area contributed by atoms with E-state index in [1.54, 1.807) is 11.6 Å². The van der Waals surface area contributed by atoms with Crippen LogP contribution in [0, 0.1) is 0 Å². The Kier molecular flexibility index (Phi) is 4.78. The Bertz CT molecular complexity index is 1330. The number of methoxy groups -OCH3 is 1. The molecule has 0 unspecified atom stereocenters. The molecule has 7 nitrogen and oxygen atoms in total. The maximum atomic E-state index is 5.93. The molecule has 0 radical (unpaired) electrons. The fourth-order valence-electron chi connectivity index (χ4n) is 2.95. The highest BCUT2D eigenvalue weighted by Crippen LogP contribution is 2.26. The molecule has 0 saturated heterocycles. The zero-order chi connectivity index (χ0) is 20.5. The fraction of sp³-hybridized carbons (Fsp3) is 0.0476. The van der Waals surface area contributed by atoms with Crippen LogP contribution in [-0.2, 0) is 0 Å². The maximum Gasteiger partial charge on any atom is 0.235 e. The number of hydrogen-bond donors (Lipinski definition) is 1. The maximum absolute atomic E-state index is 5.93. The fourth-order valence-corrected chi connectivity index (χ4v) is 3.82. The molecule has 9 heteroatoms. The van der Waals surface area contributed by atoms with Crippen LogP contribution in [0.5, 0.6) is 5.75 Å². The molecule has 0 fully saturated rings. The molecule has 5 rings (SSSR count). The molecule has 0 bridgehead atoms. The SMILES string of the molecule is COc1ccc(-c2cc(-c3nnc4sc(/C=C/c5ccc(Cl)cc5)nn34)[nH]n2)cc1. The minimum absolute atomic E-state index is 0.611. The van der Waals surface area contributed by atoms with Gasteiger partial charge in [-0.05, 0) is 54.1 Å². The van der Waals surface area contributed by atoms with E-state index in [0.717, 1.165) is 33.3 Å². The minimum atomic E-state index is 0.611. The lowest BCUT2D eigenvalue weighted by atomic mass is 10.1. The summed E-state index contributed by atoms with van der Waals surface area (Å²) in [5.41, 5.74) is 3.57. The van der Waals surface area contributed by atoms with E-state index in [9.17, 15) is 0 Å². The average Bonchev–Trinajstić information content (AvgIpc) is 3.49. The monoisotopic (exact) mass is 434 g/mol. The van der Waals surface area contributed by atoms with E-state index in [-0.39, 0.29) is 0 Å². The summed E-state index contributed by atoms with van der Waals surface area (Å²) in [6.07, 6.45) is 3.93. The van der Waals surface area contributed by atoms with Crippen LogP contribution < -0.4 is 4.74 Å². The van der Waals surface area contributed by atoms with Crippen molar-refractivity contribution in [1.82, 2.24) is 30.0 Å². The quantitative estimate of drug-likeness (QED) is 0.417. The third kappa shape index (κ3) is 3.58. The van der Waals surface area contributed by atoms with Crippen molar-refractivity contribution in [2.45, 2.75) is 0 Å². The highest BCUT2D eigenvalue weighted by molar-refractivity contribution is 7.17. The van der Waals surface area contributed by atoms with E-state index in [0.29, 0.717) is 15.8 Å². The molecule has 3 aromatic heterocycles. The number of nitrogens with one attached hydrogen (secondary N) is 1. The van der Waals surface area contributed by atoms with E-state index < -0.39 is 0 Å². The Morgan fingerprint density at radius 1 is 1.03 bits per heavy atom. The lowest BCUT2D eigenvalue weighted by molar-refractivity contribution is 0.415. The number of hydrogen-bond acceptors (Lipinski definition) is 6. The van der Waals surface area contributed by atoms with Crippen LogP contribution in [0.25, 0.3) is 39.9 Å². The van der Waals surface area contributed by atoms with Crippen LogP contribution in [0.15, 0.2) is 54.6 Å². The van der Waals surface area contributed by atoms with Gasteiger partial charge < -0.3 is 4.74 Å². The highest BCUT2D eigenvalue weighted by atomic mass is 35.5. The summed E-state index contributed by atoms with van der Waals surface area (Å²) < 4.78 is 6.92. The lowest BCUT2D eigenvalue weighted by Gasteiger charge is -1.99. The second kappa shape index (κ2) is 7.74. The van der Waals surface area contributed by atoms with Crippen LogP contribution in [0.4, 0.5) is 0 Å². The molecule has 0 atom stereocenters. The van der Waals surface area contributed by atoms with Gasteiger partial charge in [-0.1, -0.05) is 41.1 Å². The molecule has 0 aliphatic carbocycles. The van der Waals surface area contributed by atoms with E-state index in [1.807, 2.05) is 66.7 Å². The topological polar surface area (TPSA) is 81.0 Å². The lowest BCUT2D eigenvalue weighted by Crippen LogP contribution is -1.90. The first-order valence-electron chi connectivity index (χ1n) is 9.06. The largest absolute Gasteiger partial charge is 0.497 e. The van der Waals surface area contributed by atoms with Gasteiger partial charge in [-0.15, -0.1) is 10.2 Å². The zero-order valence-electron chi connectivity index (χ0n) is 15.8. The Morgan fingerprint density at radius 3 is 2.60 bits per heavy atom. The normalized spacial score (nSPS) is 11.5. The first-order valence-corrected chi connectivity index (χ1v) is 10.3. The van der Waals surface area contributed by atoms with Crippen molar-refractivity contribution in [3.63, 3.8) is 0 Å². The first kappa shape index (κ1) is 18.5. The number of ether oxygens (including phenoxy) is 1. The molecule has 5 aromatic rings. The van der Waals surface area contributed by atoms with Gasteiger partial charge in [0.15, 0.2) is 0 Å². The molecular weight excluding hydrogens is 420 g/mol. The van der Waals surface area contributed by atoms with Gasteiger partial charge in [0, 0.05) is 10.6 Å². The smallest absolute Gasteiger partial charge is 0.235 e. The summed E-state index contributed by atoms with van der Waals surface area (Å²) in [7, 11) is 1.64. The van der Waals surface area contributed by atoms with Gasteiger partial charge in [0.2, 0.25) is 10.8 Å². The molecule has 0 saturated carbocycles. The molecule has 0 aliphatic heterocycles. The second-order valence-corrected chi connectivity index (χ2v) is 7.86. The predicted molar refractivity (Wildman–Crippen MR) is 119 cm³/mol. The number of halogens is 1. The van der Waals surface area contributed by atoms with Gasteiger partial charge in [0.25, 0.3) is 0 Å². The van der Waals surface area contributed by atoms with E-state index >= 15 is 0 Å². The van der Waals surface area contributed by atoms with Crippen LogP contribution in [0.2, 0.25) is 5.02 Å². The number of H-pyrrole nitrogens is 1. The Morgan fingerprint density at radius 2 is 1.83 bits per heavy atom. The summed E-state index contributed by atoms with van der Waals surface area (Å²) in [6, 6.07) is 17.3. The van der Waals surface area contributed by atoms with Crippen molar-refractivity contribution >= 4 is 40.1 Å². The summed E-state index contributed by atoms with van der Waals surface area (Å²) >= 11 is 7.39. The van der Waals surface area contributed by atoms with Crippen molar-refractivity contribution in [3.05, 3.63) is 70.2 Å². The van der Waals surface area contributed by atoms with E-state index in [1.165, 1.54) is 11.3 Å². The van der Waals surface area contributed by atoms with Crippen molar-refractivity contribution in [3.8, 4) is 28.5 Å². The number of aromatic nitrogens is 6. The summed E-state index contributed by atoms with van der Waals surface area (Å²) in [4.78, 5) is 0.710. The van der Waals surface area contributed by atoms with Crippen molar-refractivity contribution < 1.29 is 4.74 Å². The van der Waals surface area contributed by atoms with Crippen molar-refractivity contribution in [2.75, 3.05) is 7.11 Å². The second-order valence-electron chi connectivity index (χ2n) is 6.44. The number of aromatic amines is 1. The third-order valence-electron chi connectivity index (χ3n) is 4.50. The molecule has 1 N–H and O–H groups in total. The molecule has 148 valence electrons. The van der Waals surface area contributed by atoms with Gasteiger partial charge in [0.1, 0.15) is 16.5 Å². The number of benzene rings is 2. The summed E-state index contributed by atoms with van der Waals surface area (Å²) in [5.74, 6) is 1.41. The highest BCUT2D eigenvalue weighted by Gasteiger charge is 2.15. The number of fused-ring (bicyclic) bond motifs is 1. The Balaban J connectivity index is 1.42. The van der Waals surface area contributed by atoms with E-state index in [4.69, 9.17) is 16.3 Å². The molecule has 0 amide bonds. The van der Waals surface area contributed by atoms with Gasteiger partial charge >= 0.3 is 0 Å². The molecular formula is C21H15ClN6OS. The molecule has 3 heterocycles. The number of nitrogens with zero attached hydrogens (tertiary/aromatic N) is 5. The molecule has 0 spiro atoms. The minimum Gasteiger partial charge on any atom is -0.497 e. The summed E-state index contributed by atoms with van der Waals surface area (Å²) in [6.45, 7) is 0. The van der Waals surface area contributed by atoms with Crippen LogP contribution in [0.1, 0.15) is 10.6 Å². The van der Waals surface area contributed by atoms with Crippen LogP contribution in [-0.4, -0.2) is 37.1 Å². The molecule has 0 aliphatic rings. The summed E-state index contributed by atoms with van der Waals surface area (Å²) in [5, 5.41) is 22.1. The number of rotatable bonds is 5.